The van der Waals surface area contributed by atoms with E-state index in [1.54, 1.807) is 5.57 Å². The molecule has 2 rings (SSSR count). The van der Waals surface area contributed by atoms with Crippen LogP contribution in [0.1, 0.15) is 39.0 Å². The van der Waals surface area contributed by atoms with Gasteiger partial charge in [0.1, 0.15) is 0 Å². The molecule has 1 nitrogen and oxygen atoms in total. The first-order valence-corrected chi connectivity index (χ1v) is 4.76. The predicted molar refractivity (Wildman–Crippen MR) is 47.6 cm³/mol. The third-order valence-electron chi connectivity index (χ3n) is 2.69. The topological polar surface area (TPSA) is 12.0 Å². The third kappa shape index (κ3) is 2.06. The molecular formula is C10H17N. The number of rotatable bonds is 2. The zero-order valence-corrected chi connectivity index (χ0v) is 7.27. The Kier molecular flexibility index (Phi) is 1.99. The van der Waals surface area contributed by atoms with E-state index in [1.165, 1.54) is 32.1 Å². The fourth-order valence-electron chi connectivity index (χ4n) is 1.70. The monoisotopic (exact) mass is 151 g/mol. The van der Waals surface area contributed by atoms with E-state index in [0.717, 1.165) is 12.1 Å². The second-order valence-corrected chi connectivity index (χ2v) is 3.96. The van der Waals surface area contributed by atoms with E-state index < -0.39 is 0 Å². The highest BCUT2D eigenvalue weighted by molar-refractivity contribution is 5.05. The maximum absolute atomic E-state index is 3.67. The molecule has 1 N–H and O–H groups in total. The molecule has 0 spiro atoms. The van der Waals surface area contributed by atoms with Crippen molar-refractivity contribution in [2.24, 2.45) is 0 Å². The van der Waals surface area contributed by atoms with E-state index in [1.807, 2.05) is 0 Å². The highest BCUT2D eigenvalue weighted by Crippen LogP contribution is 2.24. The molecule has 62 valence electrons. The van der Waals surface area contributed by atoms with Crippen LogP contribution in [0.4, 0.5) is 0 Å². The fraction of sp³-hybridized carbons (Fsp3) is 0.800. The lowest BCUT2D eigenvalue weighted by Crippen LogP contribution is -2.31. The minimum atomic E-state index is 0.797. The molecule has 0 saturated heterocycles. The maximum atomic E-state index is 3.67. The Bertz CT molecular complexity index is 168. The molecule has 0 radical (unpaired) electrons. The Hall–Kier alpha value is -0.300. The van der Waals surface area contributed by atoms with Crippen LogP contribution in [-0.4, -0.2) is 12.1 Å². The van der Waals surface area contributed by atoms with Gasteiger partial charge < -0.3 is 5.32 Å². The molecule has 0 aromatic heterocycles. The molecule has 1 unspecified atom stereocenters. The van der Waals surface area contributed by atoms with Gasteiger partial charge >= 0.3 is 0 Å². The molecule has 2 aliphatic carbocycles. The first kappa shape index (κ1) is 7.35. The molecule has 0 heterocycles. The van der Waals surface area contributed by atoms with Crippen molar-refractivity contribution >= 4 is 0 Å². The molecule has 0 aromatic carbocycles. The summed E-state index contributed by atoms with van der Waals surface area (Å²) in [5.74, 6) is 0. The minimum Gasteiger partial charge on any atom is -0.311 e. The van der Waals surface area contributed by atoms with Gasteiger partial charge in [0.2, 0.25) is 0 Å². The summed E-state index contributed by atoms with van der Waals surface area (Å²) in [4.78, 5) is 0. The average molecular weight is 151 g/mol. The Morgan fingerprint density at radius 2 is 2.09 bits per heavy atom. The molecule has 1 fully saturated rings. The third-order valence-corrected chi connectivity index (χ3v) is 2.69. The summed E-state index contributed by atoms with van der Waals surface area (Å²) >= 11 is 0. The Labute approximate surface area is 68.9 Å². The number of hydrogen-bond donors (Lipinski definition) is 1. The van der Waals surface area contributed by atoms with Crippen molar-refractivity contribution < 1.29 is 0 Å². The van der Waals surface area contributed by atoms with E-state index in [-0.39, 0.29) is 0 Å². The summed E-state index contributed by atoms with van der Waals surface area (Å²) in [6, 6.07) is 1.68. The lowest BCUT2D eigenvalue weighted by molar-refractivity contribution is 0.465. The first-order chi connectivity index (χ1) is 5.34. The maximum Gasteiger partial charge on any atom is 0.0107 e. The van der Waals surface area contributed by atoms with Crippen molar-refractivity contribution in [3.8, 4) is 0 Å². The van der Waals surface area contributed by atoms with E-state index in [4.69, 9.17) is 0 Å². The number of hydrogen-bond acceptors (Lipinski definition) is 1. The van der Waals surface area contributed by atoms with Crippen molar-refractivity contribution in [2.75, 3.05) is 0 Å². The molecule has 2 aliphatic rings. The van der Waals surface area contributed by atoms with Gasteiger partial charge in [0.05, 0.1) is 0 Å². The van der Waals surface area contributed by atoms with E-state index in [0.29, 0.717) is 0 Å². The van der Waals surface area contributed by atoms with Crippen LogP contribution in [0.15, 0.2) is 11.6 Å². The molecule has 0 amide bonds. The van der Waals surface area contributed by atoms with Crippen LogP contribution in [0, 0.1) is 0 Å². The van der Waals surface area contributed by atoms with Crippen molar-refractivity contribution in [3.63, 3.8) is 0 Å². The Morgan fingerprint density at radius 1 is 1.27 bits per heavy atom. The Morgan fingerprint density at radius 3 is 2.64 bits per heavy atom. The smallest absolute Gasteiger partial charge is 0.0107 e. The molecule has 1 heteroatoms. The largest absolute Gasteiger partial charge is 0.311 e. The second-order valence-electron chi connectivity index (χ2n) is 3.96. The van der Waals surface area contributed by atoms with Gasteiger partial charge in [-0.25, -0.2) is 0 Å². The summed E-state index contributed by atoms with van der Waals surface area (Å²) in [5.41, 5.74) is 1.58. The highest BCUT2D eigenvalue weighted by atomic mass is 15.0. The molecule has 11 heavy (non-hydrogen) atoms. The second kappa shape index (κ2) is 2.98. The van der Waals surface area contributed by atoms with Gasteiger partial charge in [-0.1, -0.05) is 11.6 Å². The standard InChI is InChI=1S/C10H17N/c1-8-2-4-9(5-3-8)11-10-6-7-10/h2,9-11H,3-7H2,1H3. The minimum absolute atomic E-state index is 0.797. The van der Waals surface area contributed by atoms with Crippen LogP contribution in [0.2, 0.25) is 0 Å². The van der Waals surface area contributed by atoms with E-state index in [9.17, 15) is 0 Å². The molecule has 0 bridgehead atoms. The normalized spacial score (nSPS) is 31.7. The Balaban J connectivity index is 1.78. The lowest BCUT2D eigenvalue weighted by Gasteiger charge is -2.21. The molecular weight excluding hydrogens is 134 g/mol. The number of allylic oxidation sites excluding steroid dienone is 1. The van der Waals surface area contributed by atoms with Crippen molar-refractivity contribution in [2.45, 2.75) is 51.1 Å². The van der Waals surface area contributed by atoms with Gasteiger partial charge in [-0.2, -0.15) is 0 Å². The van der Waals surface area contributed by atoms with Crippen LogP contribution in [-0.2, 0) is 0 Å². The van der Waals surface area contributed by atoms with Gasteiger partial charge in [-0.15, -0.1) is 0 Å². The lowest BCUT2D eigenvalue weighted by atomic mass is 9.96. The zero-order chi connectivity index (χ0) is 7.68. The summed E-state index contributed by atoms with van der Waals surface area (Å²) in [7, 11) is 0. The predicted octanol–water partition coefficient (Wildman–Crippen LogP) is 2.24. The van der Waals surface area contributed by atoms with Crippen molar-refractivity contribution in [1.29, 1.82) is 0 Å². The van der Waals surface area contributed by atoms with Gasteiger partial charge in [0.15, 0.2) is 0 Å². The van der Waals surface area contributed by atoms with Gasteiger partial charge in [0.25, 0.3) is 0 Å². The molecule has 0 aromatic rings. The van der Waals surface area contributed by atoms with Crippen LogP contribution >= 0.6 is 0 Å². The van der Waals surface area contributed by atoms with Gasteiger partial charge in [-0.3, -0.25) is 0 Å². The zero-order valence-electron chi connectivity index (χ0n) is 7.27. The molecule has 1 saturated carbocycles. The van der Waals surface area contributed by atoms with Crippen molar-refractivity contribution in [1.82, 2.24) is 5.32 Å². The average Bonchev–Trinajstić information content (AvgIpc) is 2.78. The van der Waals surface area contributed by atoms with Crippen LogP contribution in [0.25, 0.3) is 0 Å². The van der Waals surface area contributed by atoms with Crippen LogP contribution in [0.5, 0.6) is 0 Å². The summed E-state index contributed by atoms with van der Waals surface area (Å²) < 4.78 is 0. The summed E-state index contributed by atoms with van der Waals surface area (Å²) in [6.07, 6.45) is 9.16. The van der Waals surface area contributed by atoms with Crippen molar-refractivity contribution in [3.05, 3.63) is 11.6 Å². The molecule has 0 aliphatic heterocycles. The van der Waals surface area contributed by atoms with Crippen LogP contribution in [0.3, 0.4) is 0 Å². The van der Waals surface area contributed by atoms with Crippen LogP contribution < -0.4 is 5.32 Å². The highest BCUT2D eigenvalue weighted by Gasteiger charge is 2.24. The summed E-state index contributed by atoms with van der Waals surface area (Å²) in [6.45, 7) is 2.24. The van der Waals surface area contributed by atoms with E-state index >= 15 is 0 Å². The SMILES string of the molecule is CC1=CCC(NC2CC2)CC1. The quantitative estimate of drug-likeness (QED) is 0.597. The molecule has 1 atom stereocenters. The van der Waals surface area contributed by atoms with E-state index in [2.05, 4.69) is 18.3 Å². The number of nitrogens with one attached hydrogen (secondary N) is 1. The summed E-state index contributed by atoms with van der Waals surface area (Å²) in [5, 5.41) is 3.67. The first-order valence-electron chi connectivity index (χ1n) is 4.76. The van der Waals surface area contributed by atoms with Gasteiger partial charge in [0, 0.05) is 12.1 Å². The van der Waals surface area contributed by atoms with Gasteiger partial charge in [-0.05, 0) is 39.0 Å². The fourth-order valence-corrected chi connectivity index (χ4v) is 1.70.